The number of sulfone groups is 1. The summed E-state index contributed by atoms with van der Waals surface area (Å²) >= 11 is 3.36. The van der Waals surface area contributed by atoms with Gasteiger partial charge in [0.25, 0.3) is 0 Å². The molecule has 19 heavy (non-hydrogen) atoms. The van der Waals surface area contributed by atoms with Crippen LogP contribution in [0.1, 0.15) is 24.5 Å². The van der Waals surface area contributed by atoms with Gasteiger partial charge in [0, 0.05) is 11.0 Å². The molecule has 0 aliphatic rings. The van der Waals surface area contributed by atoms with E-state index in [1.165, 1.54) is 0 Å². The third-order valence-electron chi connectivity index (χ3n) is 2.68. The second-order valence-electron chi connectivity index (χ2n) is 4.41. The van der Waals surface area contributed by atoms with Crippen LogP contribution in [0.5, 0.6) is 0 Å². The van der Waals surface area contributed by atoms with Gasteiger partial charge in [-0.25, -0.2) is 8.42 Å². The van der Waals surface area contributed by atoms with Crippen LogP contribution in [0.2, 0.25) is 0 Å². The van der Waals surface area contributed by atoms with Crippen LogP contribution in [0.15, 0.2) is 22.7 Å². The van der Waals surface area contributed by atoms with Crippen LogP contribution in [0.4, 0.5) is 0 Å². The van der Waals surface area contributed by atoms with Gasteiger partial charge in [0.15, 0.2) is 9.84 Å². The number of halogens is 1. The van der Waals surface area contributed by atoms with Crippen LogP contribution in [0, 0.1) is 6.92 Å². The van der Waals surface area contributed by atoms with Gasteiger partial charge in [-0.1, -0.05) is 35.0 Å². The molecule has 1 aromatic carbocycles. The fourth-order valence-corrected chi connectivity index (χ4v) is 3.41. The number of benzene rings is 1. The first kappa shape index (κ1) is 16.2. The molecule has 106 valence electrons. The fraction of sp³-hybridized carbons (Fsp3) is 0.462. The predicted octanol–water partition coefficient (Wildman–Crippen LogP) is 2.20. The topological polar surface area (TPSA) is 63.2 Å². The van der Waals surface area contributed by atoms with Crippen LogP contribution >= 0.6 is 15.9 Å². The maximum Gasteiger partial charge on any atom is 0.235 e. The average molecular weight is 348 g/mol. The van der Waals surface area contributed by atoms with Crippen molar-refractivity contribution in [2.75, 3.05) is 12.3 Å². The van der Waals surface area contributed by atoms with Crippen molar-refractivity contribution in [2.24, 2.45) is 0 Å². The highest BCUT2D eigenvalue weighted by atomic mass is 79.9. The SMILES string of the molecule is CCCNC(=O)CS(=O)(=O)Cc1cccc(Br)c1C. The molecule has 1 rings (SSSR count). The highest BCUT2D eigenvalue weighted by Gasteiger charge is 2.18. The first-order valence-corrected chi connectivity index (χ1v) is 8.68. The van der Waals surface area contributed by atoms with E-state index in [9.17, 15) is 13.2 Å². The lowest BCUT2D eigenvalue weighted by atomic mass is 10.1. The number of carbonyl (C=O) groups is 1. The minimum Gasteiger partial charge on any atom is -0.355 e. The number of amides is 1. The number of rotatable bonds is 6. The first-order valence-electron chi connectivity index (χ1n) is 6.07. The summed E-state index contributed by atoms with van der Waals surface area (Å²) in [5.41, 5.74) is 1.61. The summed E-state index contributed by atoms with van der Waals surface area (Å²) in [6.07, 6.45) is 0.788. The van der Waals surface area contributed by atoms with E-state index in [0.29, 0.717) is 6.54 Å². The van der Waals surface area contributed by atoms with Crippen LogP contribution in [-0.4, -0.2) is 26.6 Å². The molecule has 0 aromatic heterocycles. The Balaban J connectivity index is 2.74. The predicted molar refractivity (Wildman–Crippen MR) is 79.7 cm³/mol. The average Bonchev–Trinajstić information content (AvgIpc) is 2.31. The quantitative estimate of drug-likeness (QED) is 0.857. The first-order chi connectivity index (χ1) is 8.85. The molecule has 0 saturated heterocycles. The summed E-state index contributed by atoms with van der Waals surface area (Å²) in [7, 11) is -3.44. The molecular formula is C13H18BrNO3S. The summed E-state index contributed by atoms with van der Waals surface area (Å²) < 4.78 is 24.8. The van der Waals surface area contributed by atoms with Crippen molar-refractivity contribution < 1.29 is 13.2 Å². The Morgan fingerprint density at radius 3 is 2.68 bits per heavy atom. The molecule has 1 amide bonds. The summed E-state index contributed by atoms with van der Waals surface area (Å²) in [6, 6.07) is 5.42. The molecule has 6 heteroatoms. The summed E-state index contributed by atoms with van der Waals surface area (Å²) in [4.78, 5) is 11.5. The standard InChI is InChI=1S/C13H18BrNO3S/c1-3-7-15-13(16)9-19(17,18)8-11-5-4-6-12(14)10(11)2/h4-6H,3,7-9H2,1-2H3,(H,15,16). The van der Waals surface area contributed by atoms with Crippen LogP contribution < -0.4 is 5.32 Å². The molecule has 0 atom stereocenters. The fourth-order valence-electron chi connectivity index (χ4n) is 1.61. The van der Waals surface area contributed by atoms with Gasteiger partial charge >= 0.3 is 0 Å². The maximum absolute atomic E-state index is 12.0. The molecule has 1 N–H and O–H groups in total. The lowest BCUT2D eigenvalue weighted by Crippen LogP contribution is -2.31. The lowest BCUT2D eigenvalue weighted by molar-refractivity contribution is -0.118. The molecular weight excluding hydrogens is 330 g/mol. The van der Waals surface area contributed by atoms with Gasteiger partial charge in [0.2, 0.25) is 5.91 Å². The van der Waals surface area contributed by atoms with Crippen LogP contribution in [-0.2, 0) is 20.4 Å². The van der Waals surface area contributed by atoms with Gasteiger partial charge in [-0.2, -0.15) is 0 Å². The zero-order valence-electron chi connectivity index (χ0n) is 11.1. The Morgan fingerprint density at radius 1 is 1.37 bits per heavy atom. The Hall–Kier alpha value is -0.880. The molecule has 0 aliphatic carbocycles. The van der Waals surface area contributed by atoms with E-state index >= 15 is 0 Å². The Labute approximate surface area is 122 Å². The minimum absolute atomic E-state index is 0.113. The molecule has 0 aliphatic heterocycles. The molecule has 0 spiro atoms. The van der Waals surface area contributed by atoms with Gasteiger partial charge in [-0.15, -0.1) is 0 Å². The highest BCUT2D eigenvalue weighted by molar-refractivity contribution is 9.10. The molecule has 0 unspecified atom stereocenters. The highest BCUT2D eigenvalue weighted by Crippen LogP contribution is 2.21. The largest absolute Gasteiger partial charge is 0.355 e. The monoisotopic (exact) mass is 347 g/mol. The molecule has 0 bridgehead atoms. The number of hydrogen-bond donors (Lipinski definition) is 1. The van der Waals surface area contributed by atoms with E-state index in [1.807, 2.05) is 19.9 Å². The van der Waals surface area contributed by atoms with E-state index in [4.69, 9.17) is 0 Å². The van der Waals surface area contributed by atoms with Crippen molar-refractivity contribution in [3.05, 3.63) is 33.8 Å². The number of carbonyl (C=O) groups excluding carboxylic acids is 1. The van der Waals surface area contributed by atoms with Gasteiger partial charge in [-0.05, 0) is 30.5 Å². The van der Waals surface area contributed by atoms with Gasteiger partial charge in [0.05, 0.1) is 5.75 Å². The van der Waals surface area contributed by atoms with E-state index in [1.54, 1.807) is 12.1 Å². The number of nitrogens with one attached hydrogen (secondary N) is 1. The second kappa shape index (κ2) is 7.05. The normalized spacial score (nSPS) is 11.3. The van der Waals surface area contributed by atoms with Crippen molar-refractivity contribution in [1.82, 2.24) is 5.32 Å². The van der Waals surface area contributed by atoms with Crippen molar-refractivity contribution in [1.29, 1.82) is 0 Å². The zero-order valence-corrected chi connectivity index (χ0v) is 13.5. The molecule has 0 fully saturated rings. The Bertz CT molecular complexity index is 555. The Kier molecular flexibility index (Phi) is 6.00. The maximum atomic E-state index is 12.0. The number of hydrogen-bond acceptors (Lipinski definition) is 3. The summed E-state index contributed by atoms with van der Waals surface area (Å²) in [5.74, 6) is -1.01. The van der Waals surface area contributed by atoms with Crippen molar-refractivity contribution >= 4 is 31.7 Å². The molecule has 1 aromatic rings. The third kappa shape index (κ3) is 5.32. The van der Waals surface area contributed by atoms with Gasteiger partial charge in [-0.3, -0.25) is 4.79 Å². The molecule has 0 saturated carbocycles. The van der Waals surface area contributed by atoms with Crippen molar-refractivity contribution in [2.45, 2.75) is 26.0 Å². The van der Waals surface area contributed by atoms with E-state index in [0.717, 1.165) is 22.0 Å². The Morgan fingerprint density at radius 2 is 2.05 bits per heavy atom. The van der Waals surface area contributed by atoms with Gasteiger partial charge < -0.3 is 5.32 Å². The summed E-state index contributed by atoms with van der Waals surface area (Å²) in [5, 5.41) is 2.57. The van der Waals surface area contributed by atoms with Crippen molar-refractivity contribution in [3.63, 3.8) is 0 Å². The van der Waals surface area contributed by atoms with Gasteiger partial charge in [0.1, 0.15) is 5.75 Å². The van der Waals surface area contributed by atoms with E-state index < -0.39 is 21.5 Å². The van der Waals surface area contributed by atoms with Crippen LogP contribution in [0.25, 0.3) is 0 Å². The minimum atomic E-state index is -3.44. The lowest BCUT2D eigenvalue weighted by Gasteiger charge is -2.09. The smallest absolute Gasteiger partial charge is 0.235 e. The zero-order chi connectivity index (χ0) is 14.5. The van der Waals surface area contributed by atoms with E-state index in [-0.39, 0.29) is 5.75 Å². The second-order valence-corrected chi connectivity index (χ2v) is 7.32. The summed E-state index contributed by atoms with van der Waals surface area (Å²) in [6.45, 7) is 4.27. The molecule has 0 radical (unpaired) electrons. The van der Waals surface area contributed by atoms with E-state index in [2.05, 4.69) is 21.2 Å². The van der Waals surface area contributed by atoms with Crippen LogP contribution in [0.3, 0.4) is 0 Å². The molecule has 0 heterocycles. The third-order valence-corrected chi connectivity index (χ3v) is 4.99. The molecule has 4 nitrogen and oxygen atoms in total. The van der Waals surface area contributed by atoms with Crippen molar-refractivity contribution in [3.8, 4) is 0 Å².